The molecule has 2 rings (SSSR count). The van der Waals surface area contributed by atoms with E-state index in [2.05, 4.69) is 4.74 Å². The number of halogens is 2. The van der Waals surface area contributed by atoms with Crippen molar-refractivity contribution in [1.82, 2.24) is 0 Å². The third kappa shape index (κ3) is 10.1. The standard InChI is InChI=1S/2C8H8ClNO3.C4H6O3/c2*1-5-3-7(10(11)12)8(13-2)4-6(5)9;1-3(5)7-4(2)6/h2*3-4H,1-2H3;1-2H3. The molecule has 0 amide bonds. The van der Waals surface area contributed by atoms with Gasteiger partial charge in [-0.15, -0.1) is 0 Å². The number of hydrogen-bond donors (Lipinski definition) is 0. The highest BCUT2D eigenvalue weighted by Crippen LogP contribution is 2.33. The first-order chi connectivity index (χ1) is 15.2. The van der Waals surface area contributed by atoms with Crippen molar-refractivity contribution in [3.05, 3.63) is 65.7 Å². The van der Waals surface area contributed by atoms with Crippen molar-refractivity contribution in [2.24, 2.45) is 0 Å². The van der Waals surface area contributed by atoms with Crippen LogP contribution in [0.25, 0.3) is 0 Å². The number of benzene rings is 2. The van der Waals surface area contributed by atoms with Crippen LogP contribution in [0.3, 0.4) is 0 Å². The molecule has 0 N–H and O–H groups in total. The van der Waals surface area contributed by atoms with Crippen LogP contribution in [0.5, 0.6) is 11.5 Å². The highest BCUT2D eigenvalue weighted by Gasteiger charge is 2.17. The fourth-order valence-electron chi connectivity index (χ4n) is 2.11. The minimum atomic E-state index is -0.562. The minimum Gasteiger partial charge on any atom is -0.490 e. The maximum Gasteiger partial charge on any atom is 0.311 e. The molecule has 33 heavy (non-hydrogen) atoms. The first-order valence-corrected chi connectivity index (χ1v) is 9.66. The lowest BCUT2D eigenvalue weighted by molar-refractivity contribution is -0.385. The Bertz CT molecular complexity index is 961. The van der Waals surface area contributed by atoms with Crippen LogP contribution >= 0.6 is 23.2 Å². The van der Waals surface area contributed by atoms with Crippen LogP contribution in [0.15, 0.2) is 24.3 Å². The van der Waals surface area contributed by atoms with Crippen molar-refractivity contribution in [2.45, 2.75) is 27.7 Å². The molecule has 2 aromatic rings. The van der Waals surface area contributed by atoms with Gasteiger partial charge in [-0.1, -0.05) is 23.2 Å². The molecule has 0 heterocycles. The van der Waals surface area contributed by atoms with Gasteiger partial charge >= 0.3 is 23.3 Å². The zero-order valence-corrected chi connectivity index (χ0v) is 20.1. The second-order valence-electron chi connectivity index (χ2n) is 6.15. The molecule has 0 fully saturated rings. The second kappa shape index (κ2) is 13.9. The van der Waals surface area contributed by atoms with E-state index in [-0.39, 0.29) is 22.9 Å². The lowest BCUT2D eigenvalue weighted by Crippen LogP contribution is -2.03. The SMILES string of the molecule is CC(=O)OC(C)=O.COc1cc(Cl)c(C)cc1[N+](=O)[O-].COc1cc(Cl)c(C)cc1[N+](=O)[O-]. The van der Waals surface area contributed by atoms with E-state index in [0.29, 0.717) is 21.2 Å². The van der Waals surface area contributed by atoms with Crippen LogP contribution < -0.4 is 9.47 Å². The van der Waals surface area contributed by atoms with Crippen molar-refractivity contribution in [3.8, 4) is 11.5 Å². The lowest BCUT2D eigenvalue weighted by atomic mass is 10.2. The van der Waals surface area contributed by atoms with E-state index in [1.165, 1.54) is 52.3 Å². The van der Waals surface area contributed by atoms with E-state index in [1.54, 1.807) is 13.8 Å². The summed E-state index contributed by atoms with van der Waals surface area (Å²) in [5.74, 6) is -0.763. The largest absolute Gasteiger partial charge is 0.490 e. The van der Waals surface area contributed by atoms with Crippen LogP contribution in [0.4, 0.5) is 11.4 Å². The Kier molecular flexibility index (Phi) is 12.4. The van der Waals surface area contributed by atoms with Crippen molar-refractivity contribution in [1.29, 1.82) is 0 Å². The van der Waals surface area contributed by atoms with Crippen LogP contribution in [0, 0.1) is 34.1 Å². The number of aryl methyl sites for hydroxylation is 2. The fraction of sp³-hybridized carbons (Fsp3) is 0.300. The summed E-state index contributed by atoms with van der Waals surface area (Å²) in [7, 11) is 2.74. The van der Waals surface area contributed by atoms with Crippen LogP contribution in [-0.2, 0) is 14.3 Å². The molecule has 13 heteroatoms. The van der Waals surface area contributed by atoms with Crippen molar-refractivity contribution in [2.75, 3.05) is 14.2 Å². The molecule has 180 valence electrons. The summed E-state index contributed by atoms with van der Waals surface area (Å²) in [6, 6.07) is 5.66. The summed E-state index contributed by atoms with van der Waals surface area (Å²) < 4.78 is 13.6. The van der Waals surface area contributed by atoms with Gasteiger partial charge in [-0.3, -0.25) is 29.8 Å². The summed E-state index contributed by atoms with van der Waals surface area (Å²) in [5, 5.41) is 22.0. The summed E-state index contributed by atoms with van der Waals surface area (Å²) >= 11 is 11.5. The number of carbonyl (C=O) groups excluding carboxylic acids is 2. The number of nitrogens with zero attached hydrogens (tertiary/aromatic N) is 2. The predicted molar refractivity (Wildman–Crippen MR) is 121 cm³/mol. The highest BCUT2D eigenvalue weighted by atomic mass is 35.5. The molecule has 0 bridgehead atoms. The third-order valence-electron chi connectivity index (χ3n) is 3.60. The van der Waals surface area contributed by atoms with Crippen LogP contribution in [0.1, 0.15) is 25.0 Å². The molecule has 0 aliphatic rings. The van der Waals surface area contributed by atoms with E-state index in [0.717, 1.165) is 0 Å². The quantitative estimate of drug-likeness (QED) is 0.236. The van der Waals surface area contributed by atoms with E-state index >= 15 is 0 Å². The van der Waals surface area contributed by atoms with E-state index in [9.17, 15) is 29.8 Å². The topological polar surface area (TPSA) is 148 Å². The van der Waals surface area contributed by atoms with Gasteiger partial charge in [0, 0.05) is 48.2 Å². The van der Waals surface area contributed by atoms with Crippen LogP contribution in [0.2, 0.25) is 10.0 Å². The number of esters is 2. The Morgan fingerprint density at radius 2 is 1.06 bits per heavy atom. The van der Waals surface area contributed by atoms with E-state index < -0.39 is 21.8 Å². The molecule has 0 aliphatic heterocycles. The molecule has 0 saturated carbocycles. The first-order valence-electron chi connectivity index (χ1n) is 8.91. The molecule has 0 aromatic heterocycles. The van der Waals surface area contributed by atoms with E-state index in [4.69, 9.17) is 32.7 Å². The monoisotopic (exact) mass is 504 g/mol. The first kappa shape index (κ1) is 29.6. The Labute approximate surface area is 199 Å². The molecular weight excluding hydrogens is 483 g/mol. The number of hydrogen-bond acceptors (Lipinski definition) is 9. The van der Waals surface area contributed by atoms with Gasteiger partial charge in [-0.25, -0.2) is 0 Å². The van der Waals surface area contributed by atoms with Gasteiger partial charge in [0.05, 0.1) is 24.1 Å². The molecular formula is C20H22Cl2N2O9. The van der Waals surface area contributed by atoms with Gasteiger partial charge in [0.1, 0.15) is 0 Å². The Morgan fingerprint density at radius 3 is 1.24 bits per heavy atom. The molecule has 0 saturated heterocycles. The number of carbonyl (C=O) groups is 2. The smallest absolute Gasteiger partial charge is 0.311 e. The third-order valence-corrected chi connectivity index (χ3v) is 4.42. The van der Waals surface area contributed by atoms with Crippen molar-refractivity contribution < 1.29 is 33.6 Å². The zero-order valence-electron chi connectivity index (χ0n) is 18.6. The molecule has 0 unspecified atom stereocenters. The normalized spacial score (nSPS) is 9.33. The van der Waals surface area contributed by atoms with Crippen molar-refractivity contribution in [3.63, 3.8) is 0 Å². The van der Waals surface area contributed by atoms with Gasteiger partial charge in [0.25, 0.3) is 0 Å². The van der Waals surface area contributed by atoms with Gasteiger partial charge in [0.2, 0.25) is 0 Å². The number of rotatable bonds is 4. The summed E-state index contributed by atoms with van der Waals surface area (Å²) in [6.45, 7) is 5.77. The fourth-order valence-corrected chi connectivity index (χ4v) is 2.42. The summed E-state index contributed by atoms with van der Waals surface area (Å²) in [5.41, 5.74) is 1.19. The van der Waals surface area contributed by atoms with Crippen molar-refractivity contribution >= 4 is 46.5 Å². The second-order valence-corrected chi connectivity index (χ2v) is 6.96. The molecule has 0 aliphatic carbocycles. The Morgan fingerprint density at radius 1 is 0.758 bits per heavy atom. The Hall–Kier alpha value is -3.44. The molecule has 0 radical (unpaired) electrons. The lowest BCUT2D eigenvalue weighted by Gasteiger charge is -2.03. The average Bonchev–Trinajstić information content (AvgIpc) is 2.70. The maximum atomic E-state index is 10.5. The van der Waals surface area contributed by atoms with Gasteiger partial charge < -0.3 is 14.2 Å². The summed E-state index contributed by atoms with van der Waals surface area (Å²) in [6.07, 6.45) is 0. The maximum absolute atomic E-state index is 10.5. The molecule has 0 atom stereocenters. The molecule has 11 nitrogen and oxygen atoms in total. The van der Waals surface area contributed by atoms with Gasteiger partial charge in [0.15, 0.2) is 11.5 Å². The minimum absolute atomic E-state index is 0.0654. The zero-order chi connectivity index (χ0) is 25.9. The van der Waals surface area contributed by atoms with Gasteiger partial charge in [-0.2, -0.15) is 0 Å². The average molecular weight is 505 g/mol. The van der Waals surface area contributed by atoms with Gasteiger partial charge in [-0.05, 0) is 25.0 Å². The Balaban J connectivity index is 0.000000490. The number of nitro benzene ring substituents is 2. The molecule has 2 aromatic carbocycles. The number of methoxy groups -OCH3 is 2. The van der Waals surface area contributed by atoms with Crippen LogP contribution in [-0.4, -0.2) is 36.0 Å². The molecule has 0 spiro atoms. The number of nitro groups is 2. The predicted octanol–water partition coefficient (Wildman–Crippen LogP) is 5.23. The summed E-state index contributed by atoms with van der Waals surface area (Å²) in [4.78, 5) is 39.7. The number of ether oxygens (including phenoxy) is 3. The highest BCUT2D eigenvalue weighted by molar-refractivity contribution is 6.31. The van der Waals surface area contributed by atoms with E-state index in [1.807, 2.05) is 0 Å².